The average Bonchev–Trinajstić information content (AvgIpc) is 2.85. The second-order valence-electron chi connectivity index (χ2n) is 9.01. The summed E-state index contributed by atoms with van der Waals surface area (Å²) in [6.07, 6.45) is 8.24. The fraction of sp³-hybridized carbons (Fsp3) is 0.258. The number of esters is 1. The molecule has 0 saturated heterocycles. The van der Waals surface area contributed by atoms with E-state index in [9.17, 15) is 4.79 Å². The quantitative estimate of drug-likeness (QED) is 0.263. The fourth-order valence-corrected chi connectivity index (χ4v) is 3.99. The molecule has 174 valence electrons. The van der Waals surface area contributed by atoms with Gasteiger partial charge in [-0.3, -0.25) is 4.79 Å². The summed E-state index contributed by atoms with van der Waals surface area (Å²) in [4.78, 5) is 12.3. The van der Waals surface area contributed by atoms with Gasteiger partial charge in [0, 0.05) is 6.42 Å². The summed E-state index contributed by atoms with van der Waals surface area (Å²) in [5.74, 6) is 0.331. The van der Waals surface area contributed by atoms with Crippen molar-refractivity contribution < 1.29 is 14.3 Å². The number of allylic oxidation sites excluding steroid dienone is 2. The maximum absolute atomic E-state index is 12.3. The van der Waals surface area contributed by atoms with Crippen LogP contribution in [0.1, 0.15) is 42.9 Å². The van der Waals surface area contributed by atoms with E-state index in [1.165, 1.54) is 22.3 Å². The first-order valence-electron chi connectivity index (χ1n) is 11.9. The van der Waals surface area contributed by atoms with Gasteiger partial charge in [-0.1, -0.05) is 90.0 Å². The molecule has 0 saturated carbocycles. The van der Waals surface area contributed by atoms with Crippen LogP contribution in [0.15, 0.2) is 91.0 Å². The summed E-state index contributed by atoms with van der Waals surface area (Å²) in [6, 6.07) is 24.6. The lowest BCUT2D eigenvalue weighted by atomic mass is 9.97. The van der Waals surface area contributed by atoms with Crippen LogP contribution in [0.5, 0.6) is 5.75 Å². The zero-order chi connectivity index (χ0) is 23.9. The van der Waals surface area contributed by atoms with Crippen molar-refractivity contribution >= 4 is 11.5 Å². The van der Waals surface area contributed by atoms with E-state index in [-0.39, 0.29) is 18.2 Å². The topological polar surface area (TPSA) is 35.5 Å². The van der Waals surface area contributed by atoms with Crippen molar-refractivity contribution in [3.8, 4) is 16.9 Å². The maximum Gasteiger partial charge on any atom is 0.311 e. The molecule has 0 heterocycles. The minimum absolute atomic E-state index is 0.0274. The molecule has 0 radical (unpaired) electrons. The van der Waals surface area contributed by atoms with Crippen molar-refractivity contribution in [2.45, 2.75) is 52.2 Å². The van der Waals surface area contributed by atoms with E-state index in [2.05, 4.69) is 80.6 Å². The summed E-state index contributed by atoms with van der Waals surface area (Å²) < 4.78 is 11.6. The van der Waals surface area contributed by atoms with Crippen LogP contribution in [0.3, 0.4) is 0 Å². The molecular formula is C31H32O3. The minimum Gasteiger partial charge on any atom is -0.427 e. The Morgan fingerprint density at radius 3 is 1.97 bits per heavy atom. The monoisotopic (exact) mass is 452 g/mol. The highest BCUT2D eigenvalue weighted by atomic mass is 16.5. The maximum atomic E-state index is 12.3. The van der Waals surface area contributed by atoms with Gasteiger partial charge in [-0.2, -0.15) is 0 Å². The Labute approximate surface area is 202 Å². The first-order chi connectivity index (χ1) is 16.5. The average molecular weight is 453 g/mol. The second-order valence-corrected chi connectivity index (χ2v) is 9.01. The zero-order valence-electron chi connectivity index (χ0n) is 20.2. The number of carbonyl (C=O) groups is 1. The number of rotatable bonds is 8. The predicted octanol–water partition coefficient (Wildman–Crippen LogP) is 7.47. The van der Waals surface area contributed by atoms with E-state index in [1.54, 1.807) is 0 Å². The summed E-state index contributed by atoms with van der Waals surface area (Å²) in [5.41, 5.74) is 7.19. The molecule has 3 nitrogen and oxygen atoms in total. The van der Waals surface area contributed by atoms with Crippen LogP contribution < -0.4 is 4.74 Å². The number of ether oxygens (including phenoxy) is 2. The van der Waals surface area contributed by atoms with E-state index in [0.717, 1.165) is 17.5 Å². The molecule has 3 heteroatoms. The van der Waals surface area contributed by atoms with Gasteiger partial charge in [0.1, 0.15) is 5.75 Å². The van der Waals surface area contributed by atoms with Crippen LogP contribution in [0.25, 0.3) is 16.7 Å². The lowest BCUT2D eigenvalue weighted by Gasteiger charge is -2.21. The van der Waals surface area contributed by atoms with Crippen molar-refractivity contribution in [3.63, 3.8) is 0 Å². The third kappa shape index (κ3) is 6.55. The molecule has 2 atom stereocenters. The van der Waals surface area contributed by atoms with Gasteiger partial charge in [0.05, 0.1) is 12.2 Å². The van der Waals surface area contributed by atoms with Gasteiger partial charge < -0.3 is 9.47 Å². The Bertz CT molecular complexity index is 1150. The standard InChI is InChI=1S/C31H32O3/c1-22-4-9-25(10-5-22)27-13-17-29(18-14-27)33-24(3)8-21-31(32)34-30-19-15-28(16-20-30)26-11-6-23(2)7-12-26/h4-7,9-17,19-20,24,29H,8,18,21H2,1-3H3. The molecule has 0 aliphatic heterocycles. The Kier molecular flexibility index (Phi) is 7.76. The molecule has 34 heavy (non-hydrogen) atoms. The van der Waals surface area contributed by atoms with E-state index in [4.69, 9.17) is 9.47 Å². The van der Waals surface area contributed by atoms with E-state index >= 15 is 0 Å². The van der Waals surface area contributed by atoms with Crippen molar-refractivity contribution in [2.75, 3.05) is 0 Å². The van der Waals surface area contributed by atoms with Gasteiger partial charge >= 0.3 is 5.97 Å². The van der Waals surface area contributed by atoms with Gasteiger partial charge in [0.25, 0.3) is 0 Å². The minimum atomic E-state index is -0.237. The Morgan fingerprint density at radius 1 is 0.853 bits per heavy atom. The third-order valence-corrected chi connectivity index (χ3v) is 6.08. The van der Waals surface area contributed by atoms with Crippen LogP contribution >= 0.6 is 0 Å². The van der Waals surface area contributed by atoms with Crippen molar-refractivity contribution in [3.05, 3.63) is 108 Å². The van der Waals surface area contributed by atoms with E-state index < -0.39 is 0 Å². The molecule has 1 aliphatic rings. The number of hydrogen-bond acceptors (Lipinski definition) is 3. The van der Waals surface area contributed by atoms with Crippen LogP contribution in [0, 0.1) is 13.8 Å². The molecule has 0 bridgehead atoms. The second kappa shape index (κ2) is 11.1. The molecule has 4 rings (SSSR count). The van der Waals surface area contributed by atoms with Gasteiger partial charge in [-0.05, 0) is 68.0 Å². The van der Waals surface area contributed by atoms with Crippen LogP contribution in [0.2, 0.25) is 0 Å². The molecule has 0 spiro atoms. The molecule has 3 aromatic carbocycles. The summed E-state index contributed by atoms with van der Waals surface area (Å²) in [5, 5.41) is 0. The number of benzene rings is 3. The first-order valence-corrected chi connectivity index (χ1v) is 11.9. The molecular weight excluding hydrogens is 420 g/mol. The van der Waals surface area contributed by atoms with E-state index in [1.807, 2.05) is 31.2 Å². The highest BCUT2D eigenvalue weighted by Gasteiger charge is 2.15. The molecule has 0 N–H and O–H groups in total. The highest BCUT2D eigenvalue weighted by molar-refractivity contribution is 5.75. The number of hydrogen-bond donors (Lipinski definition) is 0. The molecule has 0 amide bonds. The van der Waals surface area contributed by atoms with E-state index in [0.29, 0.717) is 18.6 Å². The van der Waals surface area contributed by atoms with Gasteiger partial charge in [0.15, 0.2) is 0 Å². The zero-order valence-corrected chi connectivity index (χ0v) is 20.2. The lowest BCUT2D eigenvalue weighted by Crippen LogP contribution is -2.20. The predicted molar refractivity (Wildman–Crippen MR) is 139 cm³/mol. The van der Waals surface area contributed by atoms with Gasteiger partial charge in [0.2, 0.25) is 0 Å². The largest absolute Gasteiger partial charge is 0.427 e. The van der Waals surface area contributed by atoms with Crippen LogP contribution in [0.4, 0.5) is 0 Å². The van der Waals surface area contributed by atoms with Crippen molar-refractivity contribution in [2.24, 2.45) is 0 Å². The van der Waals surface area contributed by atoms with Gasteiger partial charge in [-0.15, -0.1) is 0 Å². The highest BCUT2D eigenvalue weighted by Crippen LogP contribution is 2.25. The normalized spacial score (nSPS) is 16.1. The van der Waals surface area contributed by atoms with Crippen molar-refractivity contribution in [1.29, 1.82) is 0 Å². The summed E-state index contributed by atoms with van der Waals surface area (Å²) >= 11 is 0. The van der Waals surface area contributed by atoms with Crippen LogP contribution in [-0.2, 0) is 9.53 Å². The van der Waals surface area contributed by atoms with Crippen LogP contribution in [-0.4, -0.2) is 18.2 Å². The molecule has 0 aromatic heterocycles. The summed E-state index contributed by atoms with van der Waals surface area (Å²) in [6.45, 7) is 6.18. The Morgan fingerprint density at radius 2 is 1.41 bits per heavy atom. The lowest BCUT2D eigenvalue weighted by molar-refractivity contribution is -0.135. The Balaban J connectivity index is 1.20. The third-order valence-electron chi connectivity index (χ3n) is 6.08. The smallest absolute Gasteiger partial charge is 0.311 e. The molecule has 0 fully saturated rings. The number of carbonyl (C=O) groups excluding carboxylic acids is 1. The van der Waals surface area contributed by atoms with Gasteiger partial charge in [-0.25, -0.2) is 0 Å². The first kappa shape index (κ1) is 23.7. The number of aryl methyl sites for hydroxylation is 2. The molecule has 1 aliphatic carbocycles. The molecule has 3 aromatic rings. The fourth-order valence-electron chi connectivity index (χ4n) is 3.99. The summed E-state index contributed by atoms with van der Waals surface area (Å²) in [7, 11) is 0. The Hall–Kier alpha value is -3.43. The molecule has 2 unspecified atom stereocenters. The van der Waals surface area contributed by atoms with Crippen molar-refractivity contribution in [1.82, 2.24) is 0 Å². The SMILES string of the molecule is Cc1ccc(C2=CCC(OC(C)CCC(=O)Oc3ccc(-c4ccc(C)cc4)cc3)C=C2)cc1.